The molecule has 1 rings (SSSR count). The predicted octanol–water partition coefficient (Wildman–Crippen LogP) is 4.17. The van der Waals surface area contributed by atoms with Crippen LogP contribution >= 0.6 is 50.1 Å². The van der Waals surface area contributed by atoms with Crippen molar-refractivity contribution in [2.75, 3.05) is 0 Å². The van der Waals surface area contributed by atoms with Gasteiger partial charge >= 0.3 is 0 Å². The first-order valence-electron chi connectivity index (χ1n) is 3.24. The number of halogens is 5. The van der Waals surface area contributed by atoms with E-state index < -0.39 is 6.43 Å². The molecule has 1 nitrogen and oxygen atoms in total. The van der Waals surface area contributed by atoms with Crippen molar-refractivity contribution in [2.24, 2.45) is 0 Å². The first-order chi connectivity index (χ1) is 6.07. The summed E-state index contributed by atoms with van der Waals surface area (Å²) in [6.45, 7) is 0. The molecule has 0 amide bonds. The molecule has 0 spiro atoms. The fourth-order valence-corrected chi connectivity index (χ4v) is 3.29. The summed E-state index contributed by atoms with van der Waals surface area (Å²) in [6, 6.07) is 0. The lowest BCUT2D eigenvalue weighted by Crippen LogP contribution is -1.98. The van der Waals surface area contributed by atoms with Crippen LogP contribution in [0, 0.1) is 3.57 Å². The highest BCUT2D eigenvalue weighted by molar-refractivity contribution is 14.1. The van der Waals surface area contributed by atoms with Gasteiger partial charge in [-0.25, -0.2) is 8.78 Å². The maximum Gasteiger partial charge on any atom is 0.281 e. The minimum Gasteiger partial charge on any atom is -0.253 e. The van der Waals surface area contributed by atoms with E-state index in [2.05, 4.69) is 20.9 Å². The third-order valence-corrected chi connectivity index (χ3v) is 3.53. The minimum atomic E-state index is -2.55. The molecule has 0 radical (unpaired) electrons. The van der Waals surface area contributed by atoms with Gasteiger partial charge in [0.1, 0.15) is 5.69 Å². The van der Waals surface area contributed by atoms with Gasteiger partial charge in [-0.05, 0) is 28.2 Å². The van der Waals surface area contributed by atoms with Gasteiger partial charge in [-0.3, -0.25) is 4.98 Å². The van der Waals surface area contributed by atoms with E-state index in [0.29, 0.717) is 19.5 Å². The van der Waals surface area contributed by atoms with Gasteiger partial charge in [-0.2, -0.15) is 0 Å². The summed E-state index contributed by atoms with van der Waals surface area (Å²) in [5, 5.41) is 0.859. The molecule has 13 heavy (non-hydrogen) atoms. The molecule has 0 saturated carbocycles. The van der Waals surface area contributed by atoms with Gasteiger partial charge in [0.2, 0.25) is 0 Å². The van der Waals surface area contributed by atoms with Gasteiger partial charge in [-0.1, -0.05) is 27.5 Å². The Morgan fingerprint density at radius 1 is 1.62 bits per heavy atom. The molecule has 0 saturated heterocycles. The standard InChI is InChI=1S/C7H4BrClF2IN/c8-1-3-4(9)2-13-6(5(3)12)7(10)11/h2,7H,1H2. The third-order valence-electron chi connectivity index (χ3n) is 1.44. The van der Waals surface area contributed by atoms with E-state index in [-0.39, 0.29) is 5.69 Å². The number of hydrogen-bond donors (Lipinski definition) is 0. The second-order valence-electron chi connectivity index (χ2n) is 2.22. The monoisotopic (exact) mass is 381 g/mol. The normalized spacial score (nSPS) is 10.9. The number of hydrogen-bond acceptors (Lipinski definition) is 1. The molecule has 0 aliphatic heterocycles. The molecule has 0 fully saturated rings. The first kappa shape index (κ1) is 11.6. The summed E-state index contributed by atoms with van der Waals surface area (Å²) in [6.07, 6.45) is -1.30. The summed E-state index contributed by atoms with van der Waals surface area (Å²) in [7, 11) is 0. The van der Waals surface area contributed by atoms with Crippen LogP contribution in [0.25, 0.3) is 0 Å². The van der Waals surface area contributed by atoms with Gasteiger partial charge < -0.3 is 0 Å². The molecule has 6 heteroatoms. The van der Waals surface area contributed by atoms with Gasteiger partial charge in [0.25, 0.3) is 6.43 Å². The van der Waals surface area contributed by atoms with Crippen LogP contribution in [0.5, 0.6) is 0 Å². The minimum absolute atomic E-state index is 0.209. The summed E-state index contributed by atoms with van der Waals surface area (Å²) in [5.74, 6) is 0. The van der Waals surface area contributed by atoms with Gasteiger partial charge in [0, 0.05) is 15.1 Å². The zero-order valence-electron chi connectivity index (χ0n) is 6.20. The molecule has 1 aromatic rings. The van der Waals surface area contributed by atoms with Crippen LogP contribution in [0.15, 0.2) is 6.20 Å². The topological polar surface area (TPSA) is 12.9 Å². The number of aromatic nitrogens is 1. The molecule has 0 aliphatic rings. The van der Waals surface area contributed by atoms with E-state index in [1.807, 2.05) is 22.6 Å². The molecule has 0 bridgehead atoms. The predicted molar refractivity (Wildman–Crippen MR) is 59.6 cm³/mol. The Balaban J connectivity index is 3.27. The van der Waals surface area contributed by atoms with E-state index in [1.165, 1.54) is 6.20 Å². The van der Waals surface area contributed by atoms with Crippen molar-refractivity contribution in [1.82, 2.24) is 4.98 Å². The van der Waals surface area contributed by atoms with Crippen molar-refractivity contribution in [3.05, 3.63) is 26.0 Å². The second-order valence-corrected chi connectivity index (χ2v) is 4.26. The molecule has 1 heterocycles. The Morgan fingerprint density at radius 3 is 2.69 bits per heavy atom. The summed E-state index contributed by atoms with van der Waals surface area (Å²) < 4.78 is 25.1. The van der Waals surface area contributed by atoms with Crippen molar-refractivity contribution < 1.29 is 8.78 Å². The number of pyridine rings is 1. The molecular formula is C7H4BrClF2IN. The number of alkyl halides is 3. The molecule has 0 N–H and O–H groups in total. The van der Waals surface area contributed by atoms with Crippen LogP contribution in [0.2, 0.25) is 5.02 Å². The molecule has 0 unspecified atom stereocenters. The highest BCUT2D eigenvalue weighted by Gasteiger charge is 2.17. The molecule has 1 aromatic heterocycles. The van der Waals surface area contributed by atoms with Gasteiger partial charge in [0.05, 0.1) is 5.02 Å². The van der Waals surface area contributed by atoms with Crippen molar-refractivity contribution in [3.63, 3.8) is 0 Å². The quantitative estimate of drug-likeness (QED) is 0.553. The van der Waals surface area contributed by atoms with E-state index in [4.69, 9.17) is 11.6 Å². The van der Waals surface area contributed by atoms with E-state index in [0.717, 1.165) is 0 Å². The smallest absolute Gasteiger partial charge is 0.253 e. The lowest BCUT2D eigenvalue weighted by atomic mass is 10.2. The number of nitrogens with zero attached hydrogens (tertiary/aromatic N) is 1. The molecular weight excluding hydrogens is 378 g/mol. The molecule has 72 valence electrons. The van der Waals surface area contributed by atoms with Crippen LogP contribution in [-0.4, -0.2) is 4.98 Å². The van der Waals surface area contributed by atoms with E-state index in [9.17, 15) is 8.78 Å². The van der Waals surface area contributed by atoms with E-state index in [1.54, 1.807) is 0 Å². The van der Waals surface area contributed by atoms with Crippen LogP contribution in [-0.2, 0) is 5.33 Å². The van der Waals surface area contributed by atoms with Crippen LogP contribution in [0.1, 0.15) is 17.7 Å². The molecule has 0 aliphatic carbocycles. The van der Waals surface area contributed by atoms with E-state index >= 15 is 0 Å². The Hall–Kier alpha value is 0.510. The first-order valence-corrected chi connectivity index (χ1v) is 5.82. The maximum absolute atomic E-state index is 12.4. The summed E-state index contributed by atoms with van der Waals surface area (Å²) in [4.78, 5) is 3.58. The van der Waals surface area contributed by atoms with Crippen molar-refractivity contribution in [1.29, 1.82) is 0 Å². The fraction of sp³-hybridized carbons (Fsp3) is 0.286. The van der Waals surface area contributed by atoms with Crippen molar-refractivity contribution >= 4 is 50.1 Å². The molecule has 0 aromatic carbocycles. The Kier molecular flexibility index (Phi) is 4.31. The molecule has 0 atom stereocenters. The van der Waals surface area contributed by atoms with Crippen molar-refractivity contribution in [3.8, 4) is 0 Å². The zero-order valence-corrected chi connectivity index (χ0v) is 10.7. The Morgan fingerprint density at radius 2 is 2.23 bits per heavy atom. The van der Waals surface area contributed by atoms with Gasteiger partial charge in [0.15, 0.2) is 0 Å². The maximum atomic E-state index is 12.4. The fourth-order valence-electron chi connectivity index (χ4n) is 0.795. The lowest BCUT2D eigenvalue weighted by Gasteiger charge is -2.07. The SMILES string of the molecule is FC(F)c1ncc(Cl)c(CBr)c1I. The average molecular weight is 382 g/mol. The third kappa shape index (κ3) is 2.50. The summed E-state index contributed by atoms with van der Waals surface area (Å²) >= 11 is 10.8. The number of rotatable bonds is 2. The highest BCUT2D eigenvalue weighted by atomic mass is 127. The Bertz CT molecular complexity index is 322. The van der Waals surface area contributed by atoms with Crippen LogP contribution in [0.4, 0.5) is 8.78 Å². The summed E-state index contributed by atoms with van der Waals surface area (Å²) in [5.41, 5.74) is 0.451. The average Bonchev–Trinajstić information content (AvgIpc) is 2.04. The van der Waals surface area contributed by atoms with Crippen molar-refractivity contribution in [2.45, 2.75) is 11.8 Å². The van der Waals surface area contributed by atoms with Crippen LogP contribution in [0.3, 0.4) is 0 Å². The lowest BCUT2D eigenvalue weighted by molar-refractivity contribution is 0.145. The van der Waals surface area contributed by atoms with Gasteiger partial charge in [-0.15, -0.1) is 0 Å². The highest BCUT2D eigenvalue weighted by Crippen LogP contribution is 2.30. The largest absolute Gasteiger partial charge is 0.281 e. The second kappa shape index (κ2) is 4.84. The zero-order chi connectivity index (χ0) is 10.0. The van der Waals surface area contributed by atoms with Crippen LogP contribution < -0.4 is 0 Å². The Labute approximate surface area is 101 Å².